The normalized spacial score (nSPS) is 21.9. The van der Waals surface area contributed by atoms with E-state index in [2.05, 4.69) is 10.1 Å². The predicted molar refractivity (Wildman–Crippen MR) is 105 cm³/mol. The number of nitrogens with one attached hydrogen (secondary N) is 1. The first-order valence-electron chi connectivity index (χ1n) is 10.2. The molecule has 0 aromatic heterocycles. The van der Waals surface area contributed by atoms with Gasteiger partial charge in [-0.3, -0.25) is 19.3 Å². The molecule has 6 nitrogen and oxygen atoms in total. The molecular formula is C22H25F3N2O4. The van der Waals surface area contributed by atoms with E-state index in [1.165, 1.54) is 12.1 Å². The minimum atomic E-state index is -4.78. The van der Waals surface area contributed by atoms with E-state index < -0.39 is 30.1 Å². The number of benzene rings is 1. The van der Waals surface area contributed by atoms with Crippen molar-refractivity contribution in [3.8, 4) is 5.75 Å². The van der Waals surface area contributed by atoms with E-state index in [9.17, 15) is 27.6 Å². The van der Waals surface area contributed by atoms with Gasteiger partial charge in [-0.1, -0.05) is 38.1 Å². The topological polar surface area (TPSA) is 75.7 Å². The fraction of sp³-hybridized carbons (Fsp3) is 0.500. The van der Waals surface area contributed by atoms with Gasteiger partial charge in [0, 0.05) is 6.54 Å². The summed E-state index contributed by atoms with van der Waals surface area (Å²) in [5.74, 6) is -2.21. The monoisotopic (exact) mass is 438 g/mol. The lowest BCUT2D eigenvalue weighted by atomic mass is 9.85. The Bertz CT molecular complexity index is 839. The largest absolute Gasteiger partial charge is 0.573 e. The second-order valence-corrected chi connectivity index (χ2v) is 8.26. The molecule has 1 aromatic carbocycles. The number of imide groups is 1. The highest BCUT2D eigenvalue weighted by Crippen LogP contribution is 2.37. The van der Waals surface area contributed by atoms with Crippen LogP contribution in [0, 0.1) is 17.8 Å². The van der Waals surface area contributed by atoms with Crippen molar-refractivity contribution in [1.82, 2.24) is 10.2 Å². The van der Waals surface area contributed by atoms with Crippen molar-refractivity contribution in [3.63, 3.8) is 0 Å². The van der Waals surface area contributed by atoms with E-state index in [0.29, 0.717) is 24.8 Å². The van der Waals surface area contributed by atoms with Gasteiger partial charge in [0.1, 0.15) is 11.8 Å². The SMILES string of the molecule is CC(C)CC(C(=O)NCc1ccc(OC(F)(F)F)cc1)N1C(=O)C2CC=CCC2C1=O. The molecule has 0 bridgehead atoms. The molecule has 1 aliphatic heterocycles. The van der Waals surface area contributed by atoms with Crippen molar-refractivity contribution in [1.29, 1.82) is 0 Å². The molecule has 3 amide bonds. The van der Waals surface area contributed by atoms with E-state index in [0.717, 1.165) is 17.0 Å². The average Bonchev–Trinajstić information content (AvgIpc) is 2.95. The predicted octanol–water partition coefficient (Wildman–Crippen LogP) is 3.57. The third-order valence-corrected chi connectivity index (χ3v) is 5.47. The summed E-state index contributed by atoms with van der Waals surface area (Å²) in [6.45, 7) is 3.85. The van der Waals surface area contributed by atoms with Crippen molar-refractivity contribution in [2.75, 3.05) is 0 Å². The summed E-state index contributed by atoms with van der Waals surface area (Å²) in [5, 5.41) is 2.71. The lowest BCUT2D eigenvalue weighted by Crippen LogP contribution is -2.50. The Morgan fingerprint density at radius 3 is 2.13 bits per heavy atom. The molecule has 31 heavy (non-hydrogen) atoms. The number of amides is 3. The number of nitrogens with zero attached hydrogens (tertiary/aromatic N) is 1. The number of ether oxygens (including phenoxy) is 1. The molecule has 0 spiro atoms. The smallest absolute Gasteiger partial charge is 0.406 e. The van der Waals surface area contributed by atoms with Gasteiger partial charge >= 0.3 is 6.36 Å². The highest BCUT2D eigenvalue weighted by molar-refractivity contribution is 6.08. The standard InChI is InChI=1S/C22H25F3N2O4/c1-13(2)11-18(27-20(29)16-5-3-4-6-17(16)21(27)30)19(28)26-12-14-7-9-15(10-8-14)31-22(23,24)25/h3-4,7-10,13,16-18H,5-6,11-12H2,1-2H3,(H,26,28). The molecule has 0 saturated carbocycles. The summed E-state index contributed by atoms with van der Waals surface area (Å²) >= 11 is 0. The molecule has 1 saturated heterocycles. The highest BCUT2D eigenvalue weighted by Gasteiger charge is 2.51. The van der Waals surface area contributed by atoms with Gasteiger partial charge in [0.05, 0.1) is 11.8 Å². The van der Waals surface area contributed by atoms with Crippen LogP contribution < -0.4 is 10.1 Å². The molecule has 3 rings (SSSR count). The van der Waals surface area contributed by atoms with Crippen LogP contribution >= 0.6 is 0 Å². The first-order valence-corrected chi connectivity index (χ1v) is 10.2. The number of carbonyl (C=O) groups excluding carboxylic acids is 3. The van der Waals surface area contributed by atoms with Gasteiger partial charge in [-0.2, -0.15) is 0 Å². The van der Waals surface area contributed by atoms with Crippen LogP contribution in [0.2, 0.25) is 0 Å². The van der Waals surface area contributed by atoms with Gasteiger partial charge in [-0.15, -0.1) is 13.2 Å². The van der Waals surface area contributed by atoms with Crippen molar-refractivity contribution >= 4 is 17.7 Å². The summed E-state index contributed by atoms with van der Waals surface area (Å²) < 4.78 is 40.6. The molecule has 9 heteroatoms. The highest BCUT2D eigenvalue weighted by atomic mass is 19.4. The zero-order valence-corrected chi connectivity index (χ0v) is 17.3. The zero-order chi connectivity index (χ0) is 22.8. The van der Waals surface area contributed by atoms with Crippen molar-refractivity contribution in [2.24, 2.45) is 17.8 Å². The molecule has 3 unspecified atom stereocenters. The average molecular weight is 438 g/mol. The lowest BCUT2D eigenvalue weighted by Gasteiger charge is -2.27. The van der Waals surface area contributed by atoms with Gasteiger partial charge in [-0.25, -0.2) is 0 Å². The maximum atomic E-state index is 12.9. The van der Waals surface area contributed by atoms with Crippen LogP contribution in [0.3, 0.4) is 0 Å². The van der Waals surface area contributed by atoms with E-state index in [1.54, 1.807) is 0 Å². The molecule has 168 valence electrons. The van der Waals surface area contributed by atoms with Gasteiger partial charge in [0.15, 0.2) is 0 Å². The second-order valence-electron chi connectivity index (χ2n) is 8.26. The molecule has 1 aliphatic carbocycles. The van der Waals surface area contributed by atoms with E-state index >= 15 is 0 Å². The molecule has 1 aromatic rings. The first-order chi connectivity index (χ1) is 14.6. The lowest BCUT2D eigenvalue weighted by molar-refractivity contribution is -0.274. The van der Waals surface area contributed by atoms with Crippen molar-refractivity contribution in [2.45, 2.75) is 52.1 Å². The molecule has 1 N–H and O–H groups in total. The number of hydrogen-bond donors (Lipinski definition) is 1. The first kappa shape index (κ1) is 22.8. The third kappa shape index (κ3) is 5.45. The summed E-state index contributed by atoms with van der Waals surface area (Å²) in [4.78, 5) is 39.8. The summed E-state index contributed by atoms with van der Waals surface area (Å²) in [6, 6.07) is 4.21. The summed E-state index contributed by atoms with van der Waals surface area (Å²) in [5.41, 5.74) is 0.558. The minimum absolute atomic E-state index is 0.0460. The Hall–Kier alpha value is -2.84. The van der Waals surface area contributed by atoms with Crippen LogP contribution in [0.5, 0.6) is 5.75 Å². The van der Waals surface area contributed by atoms with Crippen LogP contribution in [-0.2, 0) is 20.9 Å². The second kappa shape index (κ2) is 9.11. The van der Waals surface area contributed by atoms with E-state index in [1.807, 2.05) is 26.0 Å². The van der Waals surface area contributed by atoms with Gasteiger partial charge < -0.3 is 10.1 Å². The minimum Gasteiger partial charge on any atom is -0.406 e. The molecule has 2 aliphatic rings. The van der Waals surface area contributed by atoms with Crippen LogP contribution in [0.15, 0.2) is 36.4 Å². The van der Waals surface area contributed by atoms with Crippen molar-refractivity contribution < 1.29 is 32.3 Å². The molecular weight excluding hydrogens is 413 g/mol. The molecule has 1 heterocycles. The molecule has 1 fully saturated rings. The van der Waals surface area contributed by atoms with Crippen LogP contribution in [0.1, 0.15) is 38.7 Å². The van der Waals surface area contributed by atoms with E-state index in [4.69, 9.17) is 0 Å². The third-order valence-electron chi connectivity index (χ3n) is 5.47. The number of hydrogen-bond acceptors (Lipinski definition) is 4. The van der Waals surface area contributed by atoms with Gasteiger partial charge in [-0.05, 0) is 42.9 Å². The van der Waals surface area contributed by atoms with Crippen LogP contribution in [0.25, 0.3) is 0 Å². The Morgan fingerprint density at radius 2 is 1.65 bits per heavy atom. The van der Waals surface area contributed by atoms with Crippen LogP contribution in [-0.4, -0.2) is 35.0 Å². The van der Waals surface area contributed by atoms with Gasteiger partial charge in [0.25, 0.3) is 0 Å². The molecule has 0 radical (unpaired) electrons. The van der Waals surface area contributed by atoms with Gasteiger partial charge in [0.2, 0.25) is 17.7 Å². The number of alkyl halides is 3. The number of fused-ring (bicyclic) bond motifs is 1. The Morgan fingerprint density at radius 1 is 1.10 bits per heavy atom. The fourth-order valence-corrected chi connectivity index (χ4v) is 4.03. The zero-order valence-electron chi connectivity index (χ0n) is 17.3. The Balaban J connectivity index is 1.68. The maximum absolute atomic E-state index is 12.9. The molecule has 3 atom stereocenters. The number of likely N-dealkylation sites (tertiary alicyclic amines) is 1. The van der Waals surface area contributed by atoms with Crippen LogP contribution in [0.4, 0.5) is 13.2 Å². The number of rotatable bonds is 7. The quantitative estimate of drug-likeness (QED) is 0.522. The van der Waals surface area contributed by atoms with E-state index in [-0.39, 0.29) is 30.0 Å². The number of allylic oxidation sites excluding steroid dienone is 2. The Labute approximate surface area is 178 Å². The summed E-state index contributed by atoms with van der Waals surface area (Å²) in [7, 11) is 0. The number of carbonyl (C=O) groups is 3. The summed E-state index contributed by atoms with van der Waals surface area (Å²) in [6.07, 6.45) is 0.317. The fourth-order valence-electron chi connectivity index (χ4n) is 4.03. The Kier molecular flexibility index (Phi) is 6.71. The van der Waals surface area contributed by atoms with Crippen molar-refractivity contribution in [3.05, 3.63) is 42.0 Å². The maximum Gasteiger partial charge on any atom is 0.573 e. The number of halogens is 3.